The van der Waals surface area contributed by atoms with Crippen LogP contribution in [0.25, 0.3) is 22.2 Å². The Morgan fingerprint density at radius 1 is 1.06 bits per heavy atom. The third-order valence-corrected chi connectivity index (χ3v) is 6.50. The predicted octanol–water partition coefficient (Wildman–Crippen LogP) is 5.59. The molecule has 3 aromatic heterocycles. The molecule has 0 bridgehead atoms. The van der Waals surface area contributed by atoms with Gasteiger partial charge in [-0.25, -0.2) is 4.99 Å². The molecule has 0 radical (unpaired) electrons. The Morgan fingerprint density at radius 3 is 2.79 bits per heavy atom. The fraction of sp³-hybridized carbons (Fsp3) is 0.154. The van der Waals surface area contributed by atoms with Crippen molar-refractivity contribution in [3.05, 3.63) is 88.9 Å². The number of benzene rings is 2. The van der Waals surface area contributed by atoms with Gasteiger partial charge in [0.25, 0.3) is 0 Å². The maximum atomic E-state index is 5.70. The Kier molecular flexibility index (Phi) is 5.95. The van der Waals surface area contributed by atoms with Gasteiger partial charge >= 0.3 is 0 Å². The van der Waals surface area contributed by atoms with Crippen LogP contribution in [0.4, 0.5) is 5.69 Å². The summed E-state index contributed by atoms with van der Waals surface area (Å²) in [4.78, 5) is 13.4. The molecule has 33 heavy (non-hydrogen) atoms. The molecule has 0 atom stereocenters. The van der Waals surface area contributed by atoms with Crippen LogP contribution in [0.15, 0.2) is 83.6 Å². The minimum atomic E-state index is 0.761. The molecule has 0 aliphatic heterocycles. The Hall–Kier alpha value is -3.84. The summed E-state index contributed by atoms with van der Waals surface area (Å²) in [6.07, 6.45) is 6.50. The lowest BCUT2D eigenvalue weighted by Gasteiger charge is -2.13. The van der Waals surface area contributed by atoms with Crippen molar-refractivity contribution in [2.45, 2.75) is 13.0 Å². The number of thiazole rings is 1. The molecule has 1 N–H and O–H groups in total. The molecule has 5 aromatic rings. The van der Waals surface area contributed by atoms with Crippen LogP contribution in [0.2, 0.25) is 0 Å². The van der Waals surface area contributed by atoms with Gasteiger partial charge in [-0.3, -0.25) is 4.98 Å². The van der Waals surface area contributed by atoms with Crippen LogP contribution in [0, 0.1) is 0 Å². The number of nitrogens with zero attached hydrogens (tertiary/aromatic N) is 3. The number of hydrogen-bond donors (Lipinski definition) is 1. The fourth-order valence-corrected chi connectivity index (χ4v) is 4.91. The minimum Gasteiger partial charge on any atom is -0.497 e. The van der Waals surface area contributed by atoms with E-state index in [1.54, 1.807) is 38.0 Å². The molecule has 0 spiro atoms. The molecule has 0 unspecified atom stereocenters. The number of pyridine rings is 1. The van der Waals surface area contributed by atoms with Gasteiger partial charge in [-0.05, 0) is 42.3 Å². The second-order valence-electron chi connectivity index (χ2n) is 7.55. The first-order chi connectivity index (χ1) is 16.3. The highest BCUT2D eigenvalue weighted by molar-refractivity contribution is 7.07. The molecule has 0 amide bonds. The molecule has 166 valence electrons. The third kappa shape index (κ3) is 4.27. The summed E-state index contributed by atoms with van der Waals surface area (Å²) in [6, 6.07) is 18.2. The van der Waals surface area contributed by atoms with Crippen molar-refractivity contribution < 1.29 is 9.47 Å². The van der Waals surface area contributed by atoms with Crippen LogP contribution < -0.4 is 14.3 Å². The minimum absolute atomic E-state index is 0.761. The molecule has 0 saturated heterocycles. The Bertz CT molecular complexity index is 1450. The van der Waals surface area contributed by atoms with Gasteiger partial charge in [0, 0.05) is 46.9 Å². The molecule has 0 fully saturated rings. The van der Waals surface area contributed by atoms with E-state index in [-0.39, 0.29) is 0 Å². The van der Waals surface area contributed by atoms with Crippen molar-refractivity contribution in [1.82, 2.24) is 14.5 Å². The van der Waals surface area contributed by atoms with Crippen LogP contribution in [0.5, 0.6) is 11.5 Å². The van der Waals surface area contributed by atoms with Crippen LogP contribution in [-0.2, 0) is 13.0 Å². The van der Waals surface area contributed by atoms with Gasteiger partial charge < -0.3 is 19.0 Å². The lowest BCUT2D eigenvalue weighted by Crippen LogP contribution is -2.17. The van der Waals surface area contributed by atoms with Crippen LogP contribution in [0.3, 0.4) is 0 Å². The van der Waals surface area contributed by atoms with E-state index in [0.29, 0.717) is 0 Å². The Morgan fingerprint density at radius 2 is 1.97 bits per heavy atom. The zero-order chi connectivity index (χ0) is 22.6. The number of aromatic nitrogens is 3. The summed E-state index contributed by atoms with van der Waals surface area (Å²) in [5, 5.41) is 3.39. The van der Waals surface area contributed by atoms with Crippen LogP contribution in [-0.4, -0.2) is 28.8 Å². The quantitative estimate of drug-likeness (QED) is 0.347. The summed E-state index contributed by atoms with van der Waals surface area (Å²) in [6.45, 7) is 0.773. The molecule has 0 aliphatic rings. The molecule has 5 rings (SSSR count). The van der Waals surface area contributed by atoms with Crippen molar-refractivity contribution in [1.29, 1.82) is 0 Å². The van der Waals surface area contributed by atoms with Crippen LogP contribution >= 0.6 is 11.3 Å². The maximum Gasteiger partial charge on any atom is 0.190 e. The van der Waals surface area contributed by atoms with Crippen molar-refractivity contribution in [3.8, 4) is 22.8 Å². The summed E-state index contributed by atoms with van der Waals surface area (Å²) < 4.78 is 13.3. The molecule has 0 saturated carbocycles. The summed E-state index contributed by atoms with van der Waals surface area (Å²) in [5.74, 6) is 1.53. The second kappa shape index (κ2) is 9.34. The van der Waals surface area contributed by atoms with Gasteiger partial charge in [-0.2, -0.15) is 0 Å². The number of para-hydroxylation sites is 1. The van der Waals surface area contributed by atoms with Crippen LogP contribution in [0.1, 0.15) is 5.56 Å². The lowest BCUT2D eigenvalue weighted by atomic mass is 10.1. The van der Waals surface area contributed by atoms with Gasteiger partial charge in [0.1, 0.15) is 11.5 Å². The van der Waals surface area contributed by atoms with Gasteiger partial charge in [0.05, 0.1) is 31.8 Å². The predicted molar refractivity (Wildman–Crippen MR) is 132 cm³/mol. The highest BCUT2D eigenvalue weighted by Crippen LogP contribution is 2.34. The first-order valence-corrected chi connectivity index (χ1v) is 11.6. The van der Waals surface area contributed by atoms with E-state index in [2.05, 4.69) is 50.4 Å². The normalized spacial score (nSPS) is 11.8. The van der Waals surface area contributed by atoms with E-state index < -0.39 is 0 Å². The van der Waals surface area contributed by atoms with Crippen molar-refractivity contribution in [2.75, 3.05) is 14.2 Å². The van der Waals surface area contributed by atoms with Gasteiger partial charge in [0.15, 0.2) is 4.80 Å². The fourth-order valence-electron chi connectivity index (χ4n) is 3.96. The number of ether oxygens (including phenoxy) is 2. The molecular formula is C26H24N4O2S. The van der Waals surface area contributed by atoms with Gasteiger partial charge in [-0.15, -0.1) is 11.3 Å². The monoisotopic (exact) mass is 456 g/mol. The SMILES string of the molecule is COc1ccc(-c2csc(=Nc3cccnc3)n2CCc2c[nH]c3ccccc23)c(OC)c1. The van der Waals surface area contributed by atoms with E-state index >= 15 is 0 Å². The molecule has 6 nitrogen and oxygen atoms in total. The topological polar surface area (TPSA) is 64.4 Å². The second-order valence-corrected chi connectivity index (χ2v) is 8.39. The van der Waals surface area contributed by atoms with E-state index in [4.69, 9.17) is 14.5 Å². The van der Waals surface area contributed by atoms with E-state index in [1.165, 1.54) is 10.9 Å². The van der Waals surface area contributed by atoms with Crippen molar-refractivity contribution in [2.24, 2.45) is 4.99 Å². The average Bonchev–Trinajstić information content (AvgIpc) is 3.46. The molecule has 2 aromatic carbocycles. The zero-order valence-electron chi connectivity index (χ0n) is 18.5. The maximum absolute atomic E-state index is 5.70. The number of fused-ring (bicyclic) bond motifs is 1. The summed E-state index contributed by atoms with van der Waals surface area (Å²) in [7, 11) is 3.34. The largest absolute Gasteiger partial charge is 0.497 e. The number of methoxy groups -OCH3 is 2. The number of rotatable bonds is 7. The number of aryl methyl sites for hydroxylation is 1. The Balaban J connectivity index is 1.59. The average molecular weight is 457 g/mol. The number of H-pyrrole nitrogens is 1. The van der Waals surface area contributed by atoms with Gasteiger partial charge in [-0.1, -0.05) is 18.2 Å². The molecule has 3 heterocycles. The first kappa shape index (κ1) is 21.0. The van der Waals surface area contributed by atoms with Crippen molar-refractivity contribution in [3.63, 3.8) is 0 Å². The highest BCUT2D eigenvalue weighted by atomic mass is 32.1. The Labute approximate surface area is 195 Å². The van der Waals surface area contributed by atoms with E-state index in [1.807, 2.05) is 30.3 Å². The van der Waals surface area contributed by atoms with E-state index in [0.717, 1.165) is 51.7 Å². The summed E-state index contributed by atoms with van der Waals surface area (Å²) in [5.41, 5.74) is 5.32. The summed E-state index contributed by atoms with van der Waals surface area (Å²) >= 11 is 1.61. The van der Waals surface area contributed by atoms with Gasteiger partial charge in [0.2, 0.25) is 0 Å². The van der Waals surface area contributed by atoms with Crippen molar-refractivity contribution >= 4 is 27.9 Å². The lowest BCUT2D eigenvalue weighted by molar-refractivity contribution is 0.395. The highest BCUT2D eigenvalue weighted by Gasteiger charge is 2.15. The number of nitrogens with one attached hydrogen (secondary N) is 1. The van der Waals surface area contributed by atoms with E-state index in [9.17, 15) is 0 Å². The third-order valence-electron chi connectivity index (χ3n) is 5.63. The zero-order valence-corrected chi connectivity index (χ0v) is 19.3. The number of aromatic amines is 1. The molecule has 0 aliphatic carbocycles. The molecular weight excluding hydrogens is 432 g/mol. The first-order valence-electron chi connectivity index (χ1n) is 10.7. The number of hydrogen-bond acceptors (Lipinski definition) is 5. The molecule has 7 heteroatoms. The standard InChI is InChI=1S/C26H24N4O2S/c1-31-20-9-10-22(25(14-20)32-2)24-17-33-26(29-19-6-5-12-27-16-19)30(24)13-11-18-15-28-23-8-4-3-7-21(18)23/h3-10,12,14-17,28H,11,13H2,1-2H3. The smallest absolute Gasteiger partial charge is 0.190 e.